The molecule has 0 radical (unpaired) electrons. The van der Waals surface area contributed by atoms with E-state index in [1.165, 1.54) is 0 Å². The van der Waals surface area contributed by atoms with Crippen LogP contribution in [0.2, 0.25) is 0 Å². The van der Waals surface area contributed by atoms with Crippen molar-refractivity contribution in [2.75, 3.05) is 20.2 Å². The van der Waals surface area contributed by atoms with E-state index in [-0.39, 0.29) is 11.9 Å². The molecule has 4 nitrogen and oxygen atoms in total. The molecule has 1 unspecified atom stereocenters. The summed E-state index contributed by atoms with van der Waals surface area (Å²) in [5, 5.41) is 10.7. The average molecular weight is 285 g/mol. The van der Waals surface area contributed by atoms with Crippen LogP contribution in [0.3, 0.4) is 0 Å². The molecule has 0 spiro atoms. The van der Waals surface area contributed by atoms with Gasteiger partial charge in [-0.3, -0.25) is 4.79 Å². The molecular formula is C16H31NO3. The highest BCUT2D eigenvalue weighted by Gasteiger charge is 2.37. The first kappa shape index (κ1) is 17.4. The van der Waals surface area contributed by atoms with Gasteiger partial charge in [-0.1, -0.05) is 13.3 Å². The molecule has 0 amide bonds. The fraction of sp³-hybridized carbons (Fsp3) is 0.938. The maximum absolute atomic E-state index is 11.7. The van der Waals surface area contributed by atoms with Crippen LogP contribution in [-0.4, -0.2) is 47.8 Å². The first-order valence-electron chi connectivity index (χ1n) is 8.01. The Morgan fingerprint density at radius 1 is 1.40 bits per heavy atom. The van der Waals surface area contributed by atoms with Crippen molar-refractivity contribution in [1.29, 1.82) is 0 Å². The lowest BCUT2D eigenvalue weighted by Crippen LogP contribution is -2.47. The molecule has 1 fully saturated rings. The van der Waals surface area contributed by atoms with Crippen molar-refractivity contribution < 1.29 is 14.6 Å². The number of ether oxygens (including phenoxy) is 1. The van der Waals surface area contributed by atoms with E-state index in [9.17, 15) is 9.90 Å². The Morgan fingerprint density at radius 2 is 2.00 bits per heavy atom. The van der Waals surface area contributed by atoms with Crippen LogP contribution in [0.1, 0.15) is 59.3 Å². The smallest absolute Gasteiger partial charge is 0.308 e. The number of hydrogen-bond donors (Lipinski definition) is 1. The van der Waals surface area contributed by atoms with Crippen molar-refractivity contribution >= 4 is 5.97 Å². The van der Waals surface area contributed by atoms with Gasteiger partial charge in [0.2, 0.25) is 0 Å². The van der Waals surface area contributed by atoms with E-state index in [0.717, 1.165) is 25.7 Å². The third-order valence-corrected chi connectivity index (χ3v) is 4.54. The molecule has 1 saturated carbocycles. The van der Waals surface area contributed by atoms with Crippen molar-refractivity contribution in [2.45, 2.75) is 70.9 Å². The van der Waals surface area contributed by atoms with E-state index in [1.54, 1.807) is 0 Å². The van der Waals surface area contributed by atoms with Gasteiger partial charge < -0.3 is 14.7 Å². The highest BCUT2D eigenvalue weighted by molar-refractivity contribution is 5.72. The van der Waals surface area contributed by atoms with E-state index in [2.05, 4.69) is 25.8 Å². The monoisotopic (exact) mass is 285 g/mol. The number of aliphatic hydroxyl groups is 1. The fourth-order valence-electron chi connectivity index (χ4n) is 3.07. The molecule has 1 aliphatic carbocycles. The molecule has 0 aromatic rings. The van der Waals surface area contributed by atoms with Crippen LogP contribution >= 0.6 is 0 Å². The Hall–Kier alpha value is -0.610. The van der Waals surface area contributed by atoms with E-state index < -0.39 is 5.60 Å². The summed E-state index contributed by atoms with van der Waals surface area (Å²) in [6.45, 7) is 7.36. The Morgan fingerprint density at radius 3 is 2.50 bits per heavy atom. The summed E-state index contributed by atoms with van der Waals surface area (Å²) in [6, 6.07) is 0.492. The quantitative estimate of drug-likeness (QED) is 0.731. The zero-order chi connectivity index (χ0) is 15.2. The van der Waals surface area contributed by atoms with Crippen molar-refractivity contribution in [3.63, 3.8) is 0 Å². The summed E-state index contributed by atoms with van der Waals surface area (Å²) in [5.41, 5.74) is -0.639. The number of likely N-dealkylation sites (N-methyl/N-ethyl adjacent to an activating group) is 1. The highest BCUT2D eigenvalue weighted by atomic mass is 16.5. The Kier molecular flexibility index (Phi) is 6.96. The lowest BCUT2D eigenvalue weighted by atomic mass is 9.78. The van der Waals surface area contributed by atoms with E-state index >= 15 is 0 Å². The van der Waals surface area contributed by atoms with Gasteiger partial charge in [-0.25, -0.2) is 0 Å². The minimum atomic E-state index is -0.639. The van der Waals surface area contributed by atoms with E-state index in [1.807, 2.05) is 6.92 Å². The molecular weight excluding hydrogens is 254 g/mol. The Balaban J connectivity index is 2.43. The van der Waals surface area contributed by atoms with Gasteiger partial charge in [0.05, 0.1) is 18.1 Å². The van der Waals surface area contributed by atoms with Gasteiger partial charge in [0.1, 0.15) is 0 Å². The van der Waals surface area contributed by atoms with Crippen LogP contribution in [-0.2, 0) is 9.53 Å². The highest BCUT2D eigenvalue weighted by Crippen LogP contribution is 2.33. The Bertz CT molecular complexity index is 298. The number of nitrogens with zero attached hydrogens (tertiary/aromatic N) is 1. The molecule has 1 rings (SSSR count). The normalized spacial score (nSPS) is 28.4. The van der Waals surface area contributed by atoms with Crippen molar-refractivity contribution in [2.24, 2.45) is 5.92 Å². The summed E-state index contributed by atoms with van der Waals surface area (Å²) in [7, 11) is 2.08. The molecule has 0 aromatic heterocycles. The molecule has 20 heavy (non-hydrogen) atoms. The van der Waals surface area contributed by atoms with E-state index in [4.69, 9.17) is 4.74 Å². The second-order valence-corrected chi connectivity index (χ2v) is 6.30. The van der Waals surface area contributed by atoms with Gasteiger partial charge >= 0.3 is 5.97 Å². The summed E-state index contributed by atoms with van der Waals surface area (Å²) in [5.74, 6) is -0.115. The fourth-order valence-corrected chi connectivity index (χ4v) is 3.07. The predicted molar refractivity (Wildman–Crippen MR) is 80.5 cm³/mol. The van der Waals surface area contributed by atoms with E-state index in [0.29, 0.717) is 32.0 Å². The first-order chi connectivity index (χ1) is 9.41. The lowest BCUT2D eigenvalue weighted by Gasteiger charge is -2.39. The van der Waals surface area contributed by atoms with Crippen molar-refractivity contribution in [3.05, 3.63) is 0 Å². The summed E-state index contributed by atoms with van der Waals surface area (Å²) in [4.78, 5) is 14.0. The molecule has 0 saturated heterocycles. The Labute approximate surface area is 123 Å². The van der Waals surface area contributed by atoms with Crippen molar-refractivity contribution in [3.8, 4) is 0 Å². The van der Waals surface area contributed by atoms with Crippen LogP contribution in [0.15, 0.2) is 0 Å². The van der Waals surface area contributed by atoms with Crippen LogP contribution in [0.5, 0.6) is 0 Å². The molecule has 0 heterocycles. The minimum absolute atomic E-state index is 0.0198. The number of rotatable bonds is 7. The van der Waals surface area contributed by atoms with Gasteiger partial charge in [0.15, 0.2) is 0 Å². The zero-order valence-corrected chi connectivity index (χ0v) is 13.5. The predicted octanol–water partition coefficient (Wildman–Crippen LogP) is 2.59. The molecule has 1 atom stereocenters. The maximum atomic E-state index is 11.7. The van der Waals surface area contributed by atoms with Gasteiger partial charge in [-0.15, -0.1) is 0 Å². The van der Waals surface area contributed by atoms with Gasteiger partial charge in [-0.2, -0.15) is 0 Å². The number of hydrogen-bond acceptors (Lipinski definition) is 4. The SMILES string of the molecule is CCCC(C)N(C)CC1(O)CCC(C(=O)OCC)CC1. The summed E-state index contributed by atoms with van der Waals surface area (Å²) < 4.78 is 5.07. The topological polar surface area (TPSA) is 49.8 Å². The number of carbonyl (C=O) groups is 1. The van der Waals surface area contributed by atoms with Gasteiger partial charge in [0.25, 0.3) is 0 Å². The van der Waals surface area contributed by atoms with Crippen LogP contribution in [0.4, 0.5) is 0 Å². The average Bonchev–Trinajstić information content (AvgIpc) is 2.39. The second kappa shape index (κ2) is 7.99. The molecule has 4 heteroatoms. The summed E-state index contributed by atoms with van der Waals surface area (Å²) in [6.07, 6.45) is 5.18. The minimum Gasteiger partial charge on any atom is -0.466 e. The van der Waals surface area contributed by atoms with Crippen LogP contribution in [0, 0.1) is 5.92 Å². The maximum Gasteiger partial charge on any atom is 0.308 e. The van der Waals surface area contributed by atoms with Gasteiger partial charge in [0, 0.05) is 12.6 Å². The second-order valence-electron chi connectivity index (χ2n) is 6.30. The molecule has 0 aliphatic heterocycles. The zero-order valence-electron chi connectivity index (χ0n) is 13.5. The van der Waals surface area contributed by atoms with Crippen molar-refractivity contribution in [1.82, 2.24) is 4.90 Å². The largest absolute Gasteiger partial charge is 0.466 e. The molecule has 1 aliphatic rings. The third-order valence-electron chi connectivity index (χ3n) is 4.54. The lowest BCUT2D eigenvalue weighted by molar-refractivity contribution is -0.151. The first-order valence-corrected chi connectivity index (χ1v) is 8.01. The molecule has 118 valence electrons. The van der Waals surface area contributed by atoms with Crippen LogP contribution < -0.4 is 0 Å². The number of carbonyl (C=O) groups excluding carboxylic acids is 1. The third kappa shape index (κ3) is 5.06. The molecule has 1 N–H and O–H groups in total. The van der Waals surface area contributed by atoms with Gasteiger partial charge in [-0.05, 0) is 53.0 Å². The standard InChI is InChI=1S/C16H31NO3/c1-5-7-13(3)17(4)12-16(19)10-8-14(9-11-16)15(18)20-6-2/h13-14,19H,5-12H2,1-4H3. The summed E-state index contributed by atoms with van der Waals surface area (Å²) >= 11 is 0. The molecule has 0 bridgehead atoms. The number of esters is 1. The molecule has 0 aromatic carbocycles. The van der Waals surface area contributed by atoms with Crippen LogP contribution in [0.25, 0.3) is 0 Å².